The highest BCUT2D eigenvalue weighted by Crippen LogP contribution is 2.12. The van der Waals surface area contributed by atoms with E-state index in [1.54, 1.807) is 0 Å². The Morgan fingerprint density at radius 2 is 1.29 bits per heavy atom. The normalized spacial score (nSPS) is 9.17. The summed E-state index contributed by atoms with van der Waals surface area (Å²) < 4.78 is 5.53. The number of aliphatic hydroxyl groups excluding tert-OH is 2. The van der Waals surface area contributed by atoms with Crippen LogP contribution in [0.5, 0.6) is 5.75 Å². The highest BCUT2D eigenvalue weighted by Gasteiger charge is 1.94. The zero-order valence-corrected chi connectivity index (χ0v) is 14.4. The Bertz CT molecular complexity index is 316. The summed E-state index contributed by atoms with van der Waals surface area (Å²) in [7, 11) is 0. The van der Waals surface area contributed by atoms with Crippen molar-refractivity contribution < 1.29 is 14.9 Å². The zero-order valence-electron chi connectivity index (χ0n) is 14.4. The van der Waals surface area contributed by atoms with E-state index in [-0.39, 0.29) is 21.5 Å². The molecule has 3 nitrogen and oxygen atoms in total. The Hall–Kier alpha value is -1.06. The minimum Gasteiger partial charge on any atom is -0.494 e. The molecule has 144 valence electrons. The Balaban J connectivity index is -0.000000386. The molecule has 0 unspecified atom stereocenters. The molecule has 0 aliphatic rings. The Morgan fingerprint density at radius 1 is 0.750 bits per heavy atom. The fraction of sp³-hybridized carbons (Fsp3) is 0.714. The average Bonchev–Trinajstić information content (AvgIpc) is 2.57. The number of benzene rings is 1. The van der Waals surface area contributed by atoms with E-state index in [0.717, 1.165) is 30.8 Å². The smallest absolute Gasteiger partial charge is 0.119 e. The number of aliphatic hydroxyl groups is 2. The van der Waals surface area contributed by atoms with Crippen molar-refractivity contribution in [1.82, 2.24) is 0 Å². The van der Waals surface area contributed by atoms with Crippen molar-refractivity contribution in [2.75, 3.05) is 13.2 Å². The predicted molar refractivity (Wildman–Crippen MR) is 107 cm³/mol. The molecule has 24 heavy (non-hydrogen) atoms. The van der Waals surface area contributed by atoms with Crippen molar-refractivity contribution in [3.8, 4) is 5.75 Å². The van der Waals surface area contributed by atoms with Crippen LogP contribution in [-0.4, -0.2) is 23.4 Å². The number of hydrogen-bond donors (Lipinski definition) is 2. The molecule has 1 aromatic rings. The second-order valence-electron chi connectivity index (χ2n) is 5.50. The first kappa shape index (κ1) is 27.8. The standard InChI is InChI=1S/C12H18O2.C7H16O.2CH4/c1-2-3-4-9-14-12-7-5-11(10-13)6-8-12;1-2-3-4-5-6-7-8;;/h5-8,13H,2-4,9-10H2,1H3;8H,2-7H2,1H3;2*1H4. The fourth-order valence-corrected chi connectivity index (χ4v) is 1.95. The average molecular weight is 343 g/mol. The maximum absolute atomic E-state index is 8.83. The first-order valence-corrected chi connectivity index (χ1v) is 8.71. The molecule has 0 amide bonds. The molecule has 0 bridgehead atoms. The van der Waals surface area contributed by atoms with Crippen LogP contribution in [0, 0.1) is 0 Å². The van der Waals surface area contributed by atoms with Crippen molar-refractivity contribution in [3.63, 3.8) is 0 Å². The van der Waals surface area contributed by atoms with Gasteiger partial charge in [-0.05, 0) is 30.5 Å². The summed E-state index contributed by atoms with van der Waals surface area (Å²) in [6, 6.07) is 7.57. The molecule has 2 N–H and O–H groups in total. The van der Waals surface area contributed by atoms with Crippen LogP contribution in [0.4, 0.5) is 0 Å². The minimum atomic E-state index is 0. The third-order valence-corrected chi connectivity index (χ3v) is 3.38. The molecule has 0 aliphatic heterocycles. The first-order valence-electron chi connectivity index (χ1n) is 8.71. The van der Waals surface area contributed by atoms with E-state index in [9.17, 15) is 0 Å². The van der Waals surface area contributed by atoms with Crippen LogP contribution in [0.3, 0.4) is 0 Å². The van der Waals surface area contributed by atoms with E-state index in [0.29, 0.717) is 6.61 Å². The van der Waals surface area contributed by atoms with Crippen molar-refractivity contribution in [2.45, 2.75) is 86.7 Å². The monoisotopic (exact) mass is 342 g/mol. The van der Waals surface area contributed by atoms with Crippen molar-refractivity contribution in [3.05, 3.63) is 29.8 Å². The van der Waals surface area contributed by atoms with E-state index in [2.05, 4.69) is 13.8 Å². The summed E-state index contributed by atoms with van der Waals surface area (Å²) in [5.41, 5.74) is 0.922. The van der Waals surface area contributed by atoms with Crippen LogP contribution in [0.2, 0.25) is 0 Å². The summed E-state index contributed by atoms with van der Waals surface area (Å²) in [5, 5.41) is 17.2. The van der Waals surface area contributed by atoms with Crippen molar-refractivity contribution in [1.29, 1.82) is 0 Å². The number of rotatable bonds is 11. The van der Waals surface area contributed by atoms with E-state index < -0.39 is 0 Å². The number of ether oxygens (including phenoxy) is 1. The maximum Gasteiger partial charge on any atom is 0.119 e. The second kappa shape index (κ2) is 21.9. The lowest BCUT2D eigenvalue weighted by Gasteiger charge is -2.05. The zero-order chi connectivity index (χ0) is 16.5. The molecule has 0 saturated heterocycles. The predicted octanol–water partition coefficient (Wildman–Crippen LogP) is 5.97. The molecule has 0 aliphatic carbocycles. The van der Waals surface area contributed by atoms with Gasteiger partial charge in [-0.25, -0.2) is 0 Å². The topological polar surface area (TPSA) is 49.7 Å². The lowest BCUT2D eigenvalue weighted by Crippen LogP contribution is -1.96. The summed E-state index contributed by atoms with van der Waals surface area (Å²) in [4.78, 5) is 0. The number of unbranched alkanes of at least 4 members (excludes halogenated alkanes) is 6. The molecule has 0 aromatic heterocycles. The minimum absolute atomic E-state index is 0. The van der Waals surface area contributed by atoms with Crippen molar-refractivity contribution in [2.24, 2.45) is 0 Å². The third kappa shape index (κ3) is 17.3. The molecule has 0 fully saturated rings. The molecule has 0 saturated carbocycles. The Kier molecular flexibility index (Phi) is 25.4. The SMILES string of the molecule is C.C.CCCCCCCO.CCCCCOc1ccc(CO)cc1. The van der Waals surface area contributed by atoms with Gasteiger partial charge >= 0.3 is 0 Å². The van der Waals surface area contributed by atoms with Gasteiger partial charge in [0.05, 0.1) is 13.2 Å². The maximum atomic E-state index is 8.83. The van der Waals surface area contributed by atoms with Crippen LogP contribution < -0.4 is 4.74 Å². The van der Waals surface area contributed by atoms with Gasteiger partial charge in [0.1, 0.15) is 5.75 Å². The molecule has 0 spiro atoms. The highest BCUT2D eigenvalue weighted by atomic mass is 16.5. The third-order valence-electron chi connectivity index (χ3n) is 3.38. The Morgan fingerprint density at radius 3 is 1.79 bits per heavy atom. The fourth-order valence-electron chi connectivity index (χ4n) is 1.95. The summed E-state index contributed by atoms with van der Waals surface area (Å²) in [6.07, 6.45) is 9.62. The molecule has 1 rings (SSSR count). The van der Waals surface area contributed by atoms with Gasteiger partial charge in [-0.3, -0.25) is 0 Å². The van der Waals surface area contributed by atoms with E-state index in [1.165, 1.54) is 38.5 Å². The van der Waals surface area contributed by atoms with Crippen LogP contribution >= 0.6 is 0 Å². The van der Waals surface area contributed by atoms with Gasteiger partial charge in [0.2, 0.25) is 0 Å². The van der Waals surface area contributed by atoms with Crippen LogP contribution in [0.1, 0.15) is 85.6 Å². The second-order valence-corrected chi connectivity index (χ2v) is 5.50. The van der Waals surface area contributed by atoms with E-state index in [1.807, 2.05) is 24.3 Å². The molecule has 0 heterocycles. The van der Waals surface area contributed by atoms with Gasteiger partial charge in [-0.2, -0.15) is 0 Å². The van der Waals surface area contributed by atoms with Crippen LogP contribution in [-0.2, 0) is 6.61 Å². The largest absolute Gasteiger partial charge is 0.494 e. The molecular formula is C21H42O3. The molecular weight excluding hydrogens is 300 g/mol. The lowest BCUT2D eigenvalue weighted by molar-refractivity contribution is 0.281. The number of hydrogen-bond acceptors (Lipinski definition) is 3. The van der Waals surface area contributed by atoms with Crippen LogP contribution in [0.15, 0.2) is 24.3 Å². The summed E-state index contributed by atoms with van der Waals surface area (Å²) >= 11 is 0. The van der Waals surface area contributed by atoms with Gasteiger partial charge < -0.3 is 14.9 Å². The Labute approximate surface area is 151 Å². The highest BCUT2D eigenvalue weighted by molar-refractivity contribution is 5.26. The van der Waals surface area contributed by atoms with Gasteiger partial charge in [0, 0.05) is 6.61 Å². The van der Waals surface area contributed by atoms with E-state index >= 15 is 0 Å². The van der Waals surface area contributed by atoms with Crippen LogP contribution in [0.25, 0.3) is 0 Å². The quantitative estimate of drug-likeness (QED) is 0.487. The van der Waals surface area contributed by atoms with Gasteiger partial charge in [0.15, 0.2) is 0 Å². The molecule has 0 atom stereocenters. The first-order chi connectivity index (χ1) is 10.8. The summed E-state index contributed by atoms with van der Waals surface area (Å²) in [5.74, 6) is 0.887. The molecule has 1 aromatic carbocycles. The molecule has 0 radical (unpaired) electrons. The van der Waals surface area contributed by atoms with Gasteiger partial charge in [-0.15, -0.1) is 0 Å². The molecule has 3 heteroatoms. The van der Waals surface area contributed by atoms with Gasteiger partial charge in [0.25, 0.3) is 0 Å². The van der Waals surface area contributed by atoms with Gasteiger partial charge in [-0.1, -0.05) is 79.4 Å². The van der Waals surface area contributed by atoms with E-state index in [4.69, 9.17) is 14.9 Å². The lowest BCUT2D eigenvalue weighted by atomic mass is 10.2. The van der Waals surface area contributed by atoms with Crippen molar-refractivity contribution >= 4 is 0 Å². The summed E-state index contributed by atoms with van der Waals surface area (Å²) in [6.45, 7) is 5.61.